The Morgan fingerprint density at radius 3 is 2.78 bits per heavy atom. The molecule has 0 heterocycles. The van der Waals surface area contributed by atoms with Crippen molar-refractivity contribution in [3.05, 3.63) is 36.4 Å². The summed E-state index contributed by atoms with van der Waals surface area (Å²) in [5, 5.41) is 13.9. The van der Waals surface area contributed by atoms with Crippen LogP contribution in [0.25, 0.3) is 0 Å². The molecule has 0 saturated carbocycles. The van der Waals surface area contributed by atoms with Crippen molar-refractivity contribution < 1.29 is 19.4 Å². The average molecular weight is 250 g/mol. The molecule has 0 aromatic heterocycles. The van der Waals surface area contributed by atoms with Gasteiger partial charge in [0.1, 0.15) is 5.75 Å². The van der Waals surface area contributed by atoms with Gasteiger partial charge in [-0.05, 0) is 12.1 Å². The van der Waals surface area contributed by atoms with Crippen molar-refractivity contribution in [2.75, 3.05) is 19.0 Å². The van der Waals surface area contributed by atoms with Gasteiger partial charge in [0.05, 0.1) is 18.4 Å². The fourth-order valence-corrected chi connectivity index (χ4v) is 1.27. The van der Waals surface area contributed by atoms with E-state index in [2.05, 4.69) is 17.2 Å². The number of carboxylic acids is 1. The fraction of sp³-hybridized carbons (Fsp3) is 0.167. The summed E-state index contributed by atoms with van der Waals surface area (Å²) in [7, 11) is 1.46. The summed E-state index contributed by atoms with van der Waals surface area (Å²) in [6.45, 7) is 3.75. The van der Waals surface area contributed by atoms with Crippen LogP contribution in [0, 0.1) is 0 Å². The van der Waals surface area contributed by atoms with E-state index in [0.29, 0.717) is 5.75 Å². The van der Waals surface area contributed by atoms with Crippen LogP contribution in [0.5, 0.6) is 5.75 Å². The van der Waals surface area contributed by atoms with Crippen LogP contribution in [-0.4, -0.2) is 30.8 Å². The molecule has 0 bridgehead atoms. The number of carbonyl (C=O) groups is 2. The Hall–Kier alpha value is -2.50. The summed E-state index contributed by atoms with van der Waals surface area (Å²) in [4.78, 5) is 22.4. The lowest BCUT2D eigenvalue weighted by Gasteiger charge is -2.10. The quantitative estimate of drug-likeness (QED) is 0.694. The molecule has 1 aromatic rings. The number of hydrogen-bond donors (Lipinski definition) is 3. The average Bonchev–Trinajstić information content (AvgIpc) is 2.35. The van der Waals surface area contributed by atoms with Gasteiger partial charge in [-0.15, -0.1) is 6.58 Å². The molecule has 0 saturated heterocycles. The largest absolute Gasteiger partial charge is 0.497 e. The molecule has 6 heteroatoms. The molecule has 3 N–H and O–H groups in total. The van der Waals surface area contributed by atoms with Crippen molar-refractivity contribution >= 4 is 17.7 Å². The predicted octanol–water partition coefficient (Wildman–Crippen LogP) is 1.70. The normalized spacial score (nSPS) is 9.39. The maximum atomic E-state index is 11.4. The highest BCUT2D eigenvalue weighted by Crippen LogP contribution is 2.22. The first kappa shape index (κ1) is 13.6. The van der Waals surface area contributed by atoms with Crippen LogP contribution in [-0.2, 0) is 0 Å². The monoisotopic (exact) mass is 250 g/mol. The first-order valence-corrected chi connectivity index (χ1v) is 5.15. The highest BCUT2D eigenvalue weighted by Gasteiger charge is 2.13. The first-order valence-electron chi connectivity index (χ1n) is 5.15. The maximum Gasteiger partial charge on any atom is 0.337 e. The number of carbonyl (C=O) groups excluding carboxylic acids is 1. The van der Waals surface area contributed by atoms with Gasteiger partial charge < -0.3 is 20.5 Å². The van der Waals surface area contributed by atoms with Crippen LogP contribution < -0.4 is 15.4 Å². The second-order valence-corrected chi connectivity index (χ2v) is 3.34. The number of rotatable bonds is 5. The molecule has 1 aromatic carbocycles. The minimum absolute atomic E-state index is 0.00967. The van der Waals surface area contributed by atoms with Gasteiger partial charge in [0.15, 0.2) is 0 Å². The molecule has 0 spiro atoms. The minimum atomic E-state index is -1.13. The van der Waals surface area contributed by atoms with E-state index in [1.165, 1.54) is 31.4 Å². The Morgan fingerprint density at radius 1 is 1.50 bits per heavy atom. The lowest BCUT2D eigenvalue weighted by Crippen LogP contribution is -2.29. The molecule has 0 atom stereocenters. The Bertz CT molecular complexity index is 471. The number of ether oxygens (including phenoxy) is 1. The lowest BCUT2D eigenvalue weighted by molar-refractivity contribution is 0.0698. The zero-order valence-corrected chi connectivity index (χ0v) is 9.90. The standard InChI is InChI=1S/C12H14N2O4/c1-3-6-13-12(17)14-10-7-8(18-2)4-5-9(10)11(15)16/h3-5,7H,1,6H2,2H3,(H,15,16)(H2,13,14,17). The topological polar surface area (TPSA) is 87.7 Å². The molecular formula is C12H14N2O4. The molecule has 1 rings (SSSR count). The maximum absolute atomic E-state index is 11.4. The number of methoxy groups -OCH3 is 1. The van der Waals surface area contributed by atoms with Gasteiger partial charge in [0.2, 0.25) is 0 Å². The first-order chi connectivity index (χ1) is 8.58. The smallest absolute Gasteiger partial charge is 0.337 e. The molecule has 2 amide bonds. The van der Waals surface area contributed by atoms with Crippen LogP contribution in [0.15, 0.2) is 30.9 Å². The zero-order valence-electron chi connectivity index (χ0n) is 9.90. The third kappa shape index (κ3) is 3.51. The molecule has 6 nitrogen and oxygen atoms in total. The summed E-state index contributed by atoms with van der Waals surface area (Å²) in [5.74, 6) is -0.671. The number of anilines is 1. The van der Waals surface area contributed by atoms with E-state index >= 15 is 0 Å². The fourth-order valence-electron chi connectivity index (χ4n) is 1.27. The van der Waals surface area contributed by atoms with E-state index in [9.17, 15) is 9.59 Å². The third-order valence-electron chi connectivity index (χ3n) is 2.11. The van der Waals surface area contributed by atoms with Gasteiger partial charge >= 0.3 is 12.0 Å². The van der Waals surface area contributed by atoms with Gasteiger partial charge in [0, 0.05) is 12.6 Å². The van der Waals surface area contributed by atoms with Crippen molar-refractivity contribution in [2.24, 2.45) is 0 Å². The van der Waals surface area contributed by atoms with Crippen LogP contribution >= 0.6 is 0 Å². The molecule has 18 heavy (non-hydrogen) atoms. The van der Waals surface area contributed by atoms with E-state index < -0.39 is 12.0 Å². The number of benzene rings is 1. The number of hydrogen-bond acceptors (Lipinski definition) is 3. The molecular weight excluding hydrogens is 236 g/mol. The SMILES string of the molecule is C=CCNC(=O)Nc1cc(OC)ccc1C(=O)O. The number of carboxylic acid groups (broad SMARTS) is 1. The molecule has 0 fully saturated rings. The molecule has 96 valence electrons. The highest BCUT2D eigenvalue weighted by atomic mass is 16.5. The van der Waals surface area contributed by atoms with Crippen LogP contribution in [0.4, 0.5) is 10.5 Å². The van der Waals surface area contributed by atoms with Gasteiger partial charge in [-0.3, -0.25) is 0 Å². The molecule has 0 unspecified atom stereocenters. The van der Waals surface area contributed by atoms with Crippen LogP contribution in [0.3, 0.4) is 0 Å². The Kier molecular flexibility index (Phi) is 4.74. The van der Waals surface area contributed by atoms with Gasteiger partial charge in [-0.25, -0.2) is 9.59 Å². The van der Waals surface area contributed by atoms with Crippen LogP contribution in [0.1, 0.15) is 10.4 Å². The number of urea groups is 1. The van der Waals surface area contributed by atoms with E-state index in [4.69, 9.17) is 9.84 Å². The van der Waals surface area contributed by atoms with Gasteiger partial charge in [-0.2, -0.15) is 0 Å². The van der Waals surface area contributed by atoms with E-state index in [0.717, 1.165) is 0 Å². The molecule has 0 radical (unpaired) electrons. The summed E-state index contributed by atoms with van der Waals surface area (Å²) in [6, 6.07) is 3.81. The Labute approximate surface area is 104 Å². The highest BCUT2D eigenvalue weighted by molar-refractivity contribution is 6.00. The minimum Gasteiger partial charge on any atom is -0.497 e. The predicted molar refractivity (Wildman–Crippen MR) is 67.2 cm³/mol. The third-order valence-corrected chi connectivity index (χ3v) is 2.11. The summed E-state index contributed by atoms with van der Waals surface area (Å²) in [5.41, 5.74) is 0.160. The lowest BCUT2D eigenvalue weighted by atomic mass is 10.1. The molecule has 0 aliphatic carbocycles. The van der Waals surface area contributed by atoms with E-state index in [1.54, 1.807) is 0 Å². The summed E-state index contributed by atoms with van der Waals surface area (Å²) < 4.78 is 4.97. The summed E-state index contributed by atoms with van der Waals surface area (Å²) >= 11 is 0. The van der Waals surface area contributed by atoms with Crippen molar-refractivity contribution in [1.82, 2.24) is 5.32 Å². The van der Waals surface area contributed by atoms with Crippen molar-refractivity contribution in [3.63, 3.8) is 0 Å². The number of amides is 2. The van der Waals surface area contributed by atoms with Gasteiger partial charge in [-0.1, -0.05) is 6.08 Å². The Balaban J connectivity index is 2.93. The van der Waals surface area contributed by atoms with Crippen molar-refractivity contribution in [3.8, 4) is 5.75 Å². The summed E-state index contributed by atoms with van der Waals surface area (Å²) in [6.07, 6.45) is 1.52. The van der Waals surface area contributed by atoms with Gasteiger partial charge in [0.25, 0.3) is 0 Å². The molecule has 0 aliphatic rings. The zero-order chi connectivity index (χ0) is 13.5. The molecule has 0 aliphatic heterocycles. The second-order valence-electron chi connectivity index (χ2n) is 3.34. The van der Waals surface area contributed by atoms with E-state index in [1.807, 2.05) is 0 Å². The number of nitrogens with one attached hydrogen (secondary N) is 2. The van der Waals surface area contributed by atoms with Crippen molar-refractivity contribution in [2.45, 2.75) is 0 Å². The van der Waals surface area contributed by atoms with Crippen molar-refractivity contribution in [1.29, 1.82) is 0 Å². The van der Waals surface area contributed by atoms with E-state index in [-0.39, 0.29) is 17.8 Å². The second kappa shape index (κ2) is 6.29. The Morgan fingerprint density at radius 2 is 2.22 bits per heavy atom. The number of aromatic carboxylic acids is 1. The van der Waals surface area contributed by atoms with Crippen LogP contribution in [0.2, 0.25) is 0 Å².